The number of nitrogens with two attached hydrogens (primary N) is 2. The lowest BCUT2D eigenvalue weighted by Crippen LogP contribution is -2.17. The maximum atomic E-state index is 12.1. The van der Waals surface area contributed by atoms with Crippen molar-refractivity contribution in [1.82, 2.24) is 19.5 Å². The molecule has 10 nitrogen and oxygen atoms in total. The van der Waals surface area contributed by atoms with Gasteiger partial charge in [-0.25, -0.2) is 4.98 Å². The lowest BCUT2D eigenvalue weighted by molar-refractivity contribution is -0.155. The standard InChI is InChI=1S/C11H16F3N6O4P/c1-22-25(21,24-4-11(12,13)14)6-23-3-2-20-5-17-7-8(15)18-10(16)19-9(7)20/h5H,2-4,6H2,1H3,(H4,15,16,18,19). The van der Waals surface area contributed by atoms with Gasteiger partial charge in [-0.2, -0.15) is 23.1 Å². The Hall–Kier alpha value is -1.95. The first kappa shape index (κ1) is 19.4. The molecule has 0 saturated heterocycles. The van der Waals surface area contributed by atoms with Gasteiger partial charge in [0.1, 0.15) is 11.9 Å². The van der Waals surface area contributed by atoms with E-state index in [1.165, 1.54) is 6.33 Å². The van der Waals surface area contributed by atoms with E-state index in [2.05, 4.69) is 24.0 Å². The lowest BCUT2D eigenvalue weighted by Gasteiger charge is -2.17. The first-order chi connectivity index (χ1) is 11.6. The molecule has 25 heavy (non-hydrogen) atoms. The van der Waals surface area contributed by atoms with Crippen LogP contribution in [0.4, 0.5) is 24.9 Å². The van der Waals surface area contributed by atoms with Gasteiger partial charge in [0.25, 0.3) is 0 Å². The van der Waals surface area contributed by atoms with Crippen molar-refractivity contribution in [3.63, 3.8) is 0 Å². The van der Waals surface area contributed by atoms with E-state index in [9.17, 15) is 17.7 Å². The summed E-state index contributed by atoms with van der Waals surface area (Å²) in [5, 5.41) is 0. The van der Waals surface area contributed by atoms with E-state index in [0.717, 1.165) is 7.11 Å². The van der Waals surface area contributed by atoms with Gasteiger partial charge < -0.3 is 25.3 Å². The van der Waals surface area contributed by atoms with E-state index in [1.54, 1.807) is 4.57 Å². The molecule has 0 amide bonds. The molecule has 14 heteroatoms. The average molecular weight is 384 g/mol. The van der Waals surface area contributed by atoms with Gasteiger partial charge in [0, 0.05) is 13.7 Å². The molecule has 0 aliphatic heterocycles. The number of hydrogen-bond acceptors (Lipinski definition) is 9. The zero-order valence-corrected chi connectivity index (χ0v) is 14.0. The topological polar surface area (TPSA) is 140 Å². The summed E-state index contributed by atoms with van der Waals surface area (Å²) in [6.45, 7) is -1.50. The Morgan fingerprint density at radius 1 is 1.32 bits per heavy atom. The molecule has 2 aromatic rings. The SMILES string of the molecule is COP(=O)(COCCn1cnc2c(N)nc(N)nc21)OCC(F)(F)F. The summed E-state index contributed by atoms with van der Waals surface area (Å²) in [6, 6.07) is 0. The monoisotopic (exact) mass is 384 g/mol. The minimum atomic E-state index is -4.62. The summed E-state index contributed by atoms with van der Waals surface area (Å²) >= 11 is 0. The zero-order valence-electron chi connectivity index (χ0n) is 13.1. The van der Waals surface area contributed by atoms with Gasteiger partial charge >= 0.3 is 13.8 Å². The van der Waals surface area contributed by atoms with E-state index in [-0.39, 0.29) is 24.9 Å². The Balaban J connectivity index is 1.91. The fourth-order valence-corrected chi connectivity index (χ4v) is 2.78. The molecule has 2 rings (SSSR count). The van der Waals surface area contributed by atoms with Crippen LogP contribution in [0.25, 0.3) is 11.2 Å². The van der Waals surface area contributed by atoms with Crippen molar-refractivity contribution in [3.05, 3.63) is 6.33 Å². The maximum absolute atomic E-state index is 12.1. The minimum Gasteiger partial charge on any atom is -0.382 e. The minimum absolute atomic E-state index is 0.0159. The van der Waals surface area contributed by atoms with Crippen molar-refractivity contribution in [2.24, 2.45) is 0 Å². The normalized spacial score (nSPS) is 14.7. The van der Waals surface area contributed by atoms with Crippen LogP contribution in [0.3, 0.4) is 0 Å². The summed E-state index contributed by atoms with van der Waals surface area (Å²) in [7, 11) is -3.02. The van der Waals surface area contributed by atoms with Crippen molar-refractivity contribution < 1.29 is 31.5 Å². The largest absolute Gasteiger partial charge is 0.412 e. The molecule has 1 atom stereocenters. The molecule has 2 heterocycles. The van der Waals surface area contributed by atoms with Gasteiger partial charge in [-0.3, -0.25) is 9.09 Å². The Bertz CT molecular complexity index is 783. The fourth-order valence-electron chi connectivity index (χ4n) is 1.80. The van der Waals surface area contributed by atoms with Crippen molar-refractivity contribution >= 4 is 30.5 Å². The number of imidazole rings is 1. The number of halogens is 3. The third-order valence-corrected chi connectivity index (χ3v) is 4.51. The van der Waals surface area contributed by atoms with Gasteiger partial charge in [-0.05, 0) is 0 Å². The predicted octanol–water partition coefficient (Wildman–Crippen LogP) is 1.38. The summed E-state index contributed by atoms with van der Waals surface area (Å²) in [5.41, 5.74) is 11.9. The van der Waals surface area contributed by atoms with E-state index in [0.29, 0.717) is 11.2 Å². The third kappa shape index (κ3) is 5.26. The second kappa shape index (κ2) is 7.52. The molecule has 140 valence electrons. The van der Waals surface area contributed by atoms with Crippen LogP contribution < -0.4 is 11.5 Å². The molecule has 0 saturated carbocycles. The van der Waals surface area contributed by atoms with E-state index < -0.39 is 26.7 Å². The van der Waals surface area contributed by atoms with Gasteiger partial charge in [0.05, 0.1) is 12.9 Å². The highest BCUT2D eigenvalue weighted by Crippen LogP contribution is 2.48. The van der Waals surface area contributed by atoms with E-state index >= 15 is 0 Å². The highest BCUT2D eigenvalue weighted by Gasteiger charge is 2.34. The first-order valence-corrected chi connectivity index (χ1v) is 8.54. The smallest absolute Gasteiger partial charge is 0.382 e. The molecule has 0 aliphatic carbocycles. The summed E-state index contributed by atoms with van der Waals surface area (Å²) < 4.78 is 63.8. The van der Waals surface area contributed by atoms with Crippen LogP contribution in [0.1, 0.15) is 0 Å². The van der Waals surface area contributed by atoms with Gasteiger partial charge in [-0.1, -0.05) is 0 Å². The number of ether oxygens (including phenoxy) is 1. The Labute approximate surface area is 139 Å². The van der Waals surface area contributed by atoms with Crippen molar-refractivity contribution in [3.8, 4) is 0 Å². The van der Waals surface area contributed by atoms with Crippen molar-refractivity contribution in [2.45, 2.75) is 12.7 Å². The molecule has 1 unspecified atom stereocenters. The number of nitrogen functional groups attached to an aromatic ring is 2. The molecule has 0 aromatic carbocycles. The number of rotatable bonds is 8. The number of nitrogens with zero attached hydrogens (tertiary/aromatic N) is 4. The van der Waals surface area contributed by atoms with E-state index in [4.69, 9.17) is 16.2 Å². The maximum Gasteiger partial charge on any atom is 0.412 e. The molecule has 0 bridgehead atoms. The highest BCUT2D eigenvalue weighted by atomic mass is 31.2. The van der Waals surface area contributed by atoms with Crippen LogP contribution in [0.5, 0.6) is 0 Å². The van der Waals surface area contributed by atoms with Gasteiger partial charge in [0.15, 0.2) is 18.1 Å². The number of fused-ring (bicyclic) bond motifs is 1. The van der Waals surface area contributed by atoms with Crippen LogP contribution in [-0.2, 0) is 24.9 Å². The fraction of sp³-hybridized carbons (Fsp3) is 0.545. The van der Waals surface area contributed by atoms with Crippen LogP contribution in [0.2, 0.25) is 0 Å². The molecule has 0 aliphatic rings. The van der Waals surface area contributed by atoms with Crippen LogP contribution in [0.15, 0.2) is 6.33 Å². The Kier molecular flexibility index (Phi) is 5.83. The molecule has 2 aromatic heterocycles. The van der Waals surface area contributed by atoms with E-state index in [1.807, 2.05) is 0 Å². The van der Waals surface area contributed by atoms with Crippen molar-refractivity contribution in [1.29, 1.82) is 0 Å². The quantitative estimate of drug-likeness (QED) is 0.510. The number of anilines is 2. The Morgan fingerprint density at radius 3 is 2.68 bits per heavy atom. The second-order valence-electron chi connectivity index (χ2n) is 4.80. The third-order valence-electron chi connectivity index (χ3n) is 2.94. The summed E-state index contributed by atoms with van der Waals surface area (Å²) in [5.74, 6) is 0.0868. The van der Waals surface area contributed by atoms with Gasteiger partial charge in [-0.15, -0.1) is 0 Å². The molecule has 4 N–H and O–H groups in total. The highest BCUT2D eigenvalue weighted by molar-refractivity contribution is 7.53. The van der Waals surface area contributed by atoms with Crippen molar-refractivity contribution in [2.75, 3.05) is 38.1 Å². The predicted molar refractivity (Wildman–Crippen MR) is 81.6 cm³/mol. The Morgan fingerprint density at radius 2 is 2.04 bits per heavy atom. The molecular formula is C11H16F3N6O4P. The first-order valence-electron chi connectivity index (χ1n) is 6.81. The average Bonchev–Trinajstić information content (AvgIpc) is 2.92. The number of alkyl halides is 3. The van der Waals surface area contributed by atoms with Crippen LogP contribution in [0, 0.1) is 0 Å². The molecular weight excluding hydrogens is 368 g/mol. The van der Waals surface area contributed by atoms with Crippen LogP contribution in [-0.4, -0.2) is 52.4 Å². The lowest BCUT2D eigenvalue weighted by atomic mass is 10.5. The van der Waals surface area contributed by atoms with Gasteiger partial charge in [0.2, 0.25) is 5.95 Å². The molecule has 0 spiro atoms. The molecule has 0 fully saturated rings. The zero-order chi connectivity index (χ0) is 18.7. The molecule has 0 radical (unpaired) electrons. The second-order valence-corrected chi connectivity index (χ2v) is 6.90. The number of hydrogen-bond donors (Lipinski definition) is 2. The summed E-state index contributed by atoms with van der Waals surface area (Å²) in [4.78, 5) is 11.8. The number of aromatic nitrogens is 4. The van der Waals surface area contributed by atoms with Crippen LogP contribution >= 0.6 is 7.60 Å². The summed E-state index contributed by atoms with van der Waals surface area (Å²) in [6.07, 6.45) is -3.83.